The number of aryl methyl sites for hydroxylation is 1. The van der Waals surface area contributed by atoms with Gasteiger partial charge in [0.2, 0.25) is 0 Å². The van der Waals surface area contributed by atoms with Crippen LogP contribution in [-0.2, 0) is 4.79 Å². The molecule has 1 amide bonds. The molecule has 1 fully saturated rings. The van der Waals surface area contributed by atoms with Gasteiger partial charge in [0.05, 0.1) is 16.1 Å². The van der Waals surface area contributed by atoms with Gasteiger partial charge in [-0.1, -0.05) is 18.2 Å². The molecule has 22 heavy (non-hydrogen) atoms. The Hall–Kier alpha value is -1.88. The third-order valence-corrected chi connectivity index (χ3v) is 4.34. The number of fused-ring (bicyclic) bond motifs is 1. The van der Waals surface area contributed by atoms with Crippen molar-refractivity contribution < 1.29 is 9.18 Å². The first-order chi connectivity index (χ1) is 10.5. The molecule has 0 radical (unpaired) electrons. The van der Waals surface area contributed by atoms with Gasteiger partial charge in [-0.05, 0) is 38.0 Å². The SMILES string of the molecule is C=C(Cl)C(=O)N1CCC(n2c(C)nc3ccc(F)cc32)CC1. The summed E-state index contributed by atoms with van der Waals surface area (Å²) in [6.07, 6.45) is 1.58. The van der Waals surface area contributed by atoms with Crippen molar-refractivity contribution in [1.29, 1.82) is 0 Å². The number of amides is 1. The van der Waals surface area contributed by atoms with E-state index in [0.717, 1.165) is 29.7 Å². The Morgan fingerprint density at radius 1 is 1.41 bits per heavy atom. The maximum Gasteiger partial charge on any atom is 0.264 e. The van der Waals surface area contributed by atoms with E-state index in [-0.39, 0.29) is 22.8 Å². The molecule has 1 aliphatic rings. The lowest BCUT2D eigenvalue weighted by molar-refractivity contribution is -0.127. The van der Waals surface area contributed by atoms with Crippen LogP contribution in [0.2, 0.25) is 0 Å². The first-order valence-electron chi connectivity index (χ1n) is 7.25. The number of nitrogens with zero attached hydrogens (tertiary/aromatic N) is 3. The fraction of sp³-hybridized carbons (Fsp3) is 0.375. The van der Waals surface area contributed by atoms with Gasteiger partial charge in [-0.15, -0.1) is 0 Å². The van der Waals surface area contributed by atoms with Crippen LogP contribution in [0.1, 0.15) is 24.7 Å². The van der Waals surface area contributed by atoms with E-state index in [2.05, 4.69) is 16.1 Å². The van der Waals surface area contributed by atoms with Crippen molar-refractivity contribution in [3.63, 3.8) is 0 Å². The van der Waals surface area contributed by atoms with E-state index < -0.39 is 0 Å². The molecular formula is C16H17ClFN3O. The van der Waals surface area contributed by atoms with Crippen molar-refractivity contribution in [3.05, 3.63) is 41.5 Å². The number of piperidine rings is 1. The number of benzene rings is 1. The Bertz CT molecular complexity index is 747. The Labute approximate surface area is 133 Å². The number of carbonyl (C=O) groups excluding carboxylic acids is 1. The standard InChI is InChI=1S/C16H17ClFN3O/c1-10(17)16(22)20-7-5-13(6-8-20)21-11(2)19-14-4-3-12(18)9-15(14)21/h3-4,9,13H,1,5-8H2,2H3. The lowest BCUT2D eigenvalue weighted by Crippen LogP contribution is -2.39. The van der Waals surface area contributed by atoms with E-state index in [9.17, 15) is 9.18 Å². The molecular weight excluding hydrogens is 305 g/mol. The second kappa shape index (κ2) is 5.72. The Kier molecular flexibility index (Phi) is 3.91. The van der Waals surface area contributed by atoms with Gasteiger partial charge in [0.25, 0.3) is 5.91 Å². The summed E-state index contributed by atoms with van der Waals surface area (Å²) >= 11 is 5.68. The molecule has 0 bridgehead atoms. The maximum absolute atomic E-state index is 13.5. The largest absolute Gasteiger partial charge is 0.338 e. The van der Waals surface area contributed by atoms with Crippen LogP contribution in [-0.4, -0.2) is 33.4 Å². The molecule has 0 N–H and O–H groups in total. The summed E-state index contributed by atoms with van der Waals surface area (Å²) in [5, 5.41) is 0.0461. The quantitative estimate of drug-likeness (QED) is 0.795. The predicted molar refractivity (Wildman–Crippen MR) is 84.3 cm³/mol. The highest BCUT2D eigenvalue weighted by atomic mass is 35.5. The summed E-state index contributed by atoms with van der Waals surface area (Å²) < 4.78 is 15.6. The molecule has 1 aromatic heterocycles. The minimum atomic E-state index is -0.264. The molecule has 4 nitrogen and oxygen atoms in total. The fourth-order valence-electron chi connectivity index (χ4n) is 3.15. The normalized spacial score (nSPS) is 16.2. The zero-order valence-electron chi connectivity index (χ0n) is 12.4. The summed E-state index contributed by atoms with van der Waals surface area (Å²) in [4.78, 5) is 18.0. The molecule has 1 aromatic carbocycles. The zero-order chi connectivity index (χ0) is 15.9. The summed E-state index contributed by atoms with van der Waals surface area (Å²) in [6.45, 7) is 6.64. The number of aromatic nitrogens is 2. The van der Waals surface area contributed by atoms with Crippen molar-refractivity contribution in [1.82, 2.24) is 14.5 Å². The zero-order valence-corrected chi connectivity index (χ0v) is 13.1. The van der Waals surface area contributed by atoms with Crippen LogP contribution in [0.5, 0.6) is 0 Å². The highest BCUT2D eigenvalue weighted by molar-refractivity contribution is 6.41. The van der Waals surface area contributed by atoms with Crippen LogP contribution in [0.3, 0.4) is 0 Å². The third kappa shape index (κ3) is 2.61. The molecule has 2 heterocycles. The van der Waals surface area contributed by atoms with Crippen LogP contribution in [0.4, 0.5) is 4.39 Å². The van der Waals surface area contributed by atoms with E-state index >= 15 is 0 Å². The smallest absolute Gasteiger partial charge is 0.264 e. The average molecular weight is 322 g/mol. The van der Waals surface area contributed by atoms with Crippen molar-refractivity contribution in [3.8, 4) is 0 Å². The highest BCUT2D eigenvalue weighted by Gasteiger charge is 2.26. The van der Waals surface area contributed by atoms with E-state index in [1.165, 1.54) is 12.1 Å². The number of rotatable bonds is 2. The van der Waals surface area contributed by atoms with Crippen molar-refractivity contribution >= 4 is 28.5 Å². The molecule has 0 unspecified atom stereocenters. The van der Waals surface area contributed by atoms with Crippen LogP contribution in [0.15, 0.2) is 29.8 Å². The Morgan fingerprint density at radius 2 is 2.09 bits per heavy atom. The molecule has 0 aliphatic carbocycles. The minimum absolute atomic E-state index is 0.0461. The first-order valence-corrected chi connectivity index (χ1v) is 7.63. The predicted octanol–water partition coefficient (Wildman–Crippen LogP) is 3.40. The van der Waals surface area contributed by atoms with Crippen LogP contribution in [0, 0.1) is 12.7 Å². The highest BCUT2D eigenvalue weighted by Crippen LogP contribution is 2.29. The van der Waals surface area contributed by atoms with Gasteiger partial charge in [0.1, 0.15) is 11.6 Å². The van der Waals surface area contributed by atoms with E-state index in [0.29, 0.717) is 13.1 Å². The van der Waals surface area contributed by atoms with E-state index in [4.69, 9.17) is 11.6 Å². The number of halogens is 2. The van der Waals surface area contributed by atoms with Gasteiger partial charge < -0.3 is 9.47 Å². The maximum atomic E-state index is 13.5. The van der Waals surface area contributed by atoms with Gasteiger partial charge in [-0.2, -0.15) is 0 Å². The second-order valence-corrected chi connectivity index (χ2v) is 6.05. The van der Waals surface area contributed by atoms with E-state index in [1.807, 2.05) is 6.92 Å². The Morgan fingerprint density at radius 3 is 2.73 bits per heavy atom. The number of hydrogen-bond acceptors (Lipinski definition) is 2. The van der Waals surface area contributed by atoms with Gasteiger partial charge in [0, 0.05) is 19.1 Å². The number of carbonyl (C=O) groups is 1. The lowest BCUT2D eigenvalue weighted by Gasteiger charge is -2.33. The average Bonchev–Trinajstić information content (AvgIpc) is 2.82. The Balaban J connectivity index is 1.85. The van der Waals surface area contributed by atoms with Gasteiger partial charge >= 0.3 is 0 Å². The number of likely N-dealkylation sites (tertiary alicyclic amines) is 1. The topological polar surface area (TPSA) is 38.1 Å². The first kappa shape index (κ1) is 15.0. The van der Waals surface area contributed by atoms with Crippen molar-refractivity contribution in [2.75, 3.05) is 13.1 Å². The van der Waals surface area contributed by atoms with Crippen LogP contribution in [0.25, 0.3) is 11.0 Å². The van der Waals surface area contributed by atoms with Gasteiger partial charge in [-0.25, -0.2) is 9.37 Å². The molecule has 3 rings (SSSR count). The summed E-state index contributed by atoms with van der Waals surface area (Å²) in [6, 6.07) is 4.85. The molecule has 0 atom stereocenters. The molecule has 1 aliphatic heterocycles. The number of hydrogen-bond donors (Lipinski definition) is 0. The monoisotopic (exact) mass is 321 g/mol. The molecule has 6 heteroatoms. The van der Waals surface area contributed by atoms with Crippen molar-refractivity contribution in [2.45, 2.75) is 25.8 Å². The lowest BCUT2D eigenvalue weighted by atomic mass is 10.0. The van der Waals surface area contributed by atoms with Crippen LogP contribution < -0.4 is 0 Å². The van der Waals surface area contributed by atoms with E-state index in [1.54, 1.807) is 11.0 Å². The fourth-order valence-corrected chi connectivity index (χ4v) is 3.27. The molecule has 116 valence electrons. The van der Waals surface area contributed by atoms with Gasteiger partial charge in [-0.3, -0.25) is 4.79 Å². The summed E-state index contributed by atoms with van der Waals surface area (Å²) in [7, 11) is 0. The van der Waals surface area contributed by atoms with Crippen LogP contribution >= 0.6 is 11.6 Å². The molecule has 0 spiro atoms. The van der Waals surface area contributed by atoms with Gasteiger partial charge in [0.15, 0.2) is 0 Å². The number of imidazole rings is 1. The summed E-state index contributed by atoms with van der Waals surface area (Å²) in [5.41, 5.74) is 1.61. The molecule has 0 saturated carbocycles. The molecule has 1 saturated heterocycles. The minimum Gasteiger partial charge on any atom is -0.338 e. The van der Waals surface area contributed by atoms with Crippen molar-refractivity contribution in [2.24, 2.45) is 0 Å². The third-order valence-electron chi connectivity index (χ3n) is 4.18. The summed E-state index contributed by atoms with van der Waals surface area (Å²) in [5.74, 6) is 0.394. The second-order valence-electron chi connectivity index (χ2n) is 5.59. The molecule has 2 aromatic rings.